The van der Waals surface area contributed by atoms with Crippen LogP contribution in [-0.2, 0) is 14.3 Å². The average Bonchev–Trinajstić information content (AvgIpc) is 2.84. The maximum absolute atomic E-state index is 11.6. The molecule has 19 heavy (non-hydrogen) atoms. The van der Waals surface area contributed by atoms with Gasteiger partial charge in [0, 0.05) is 18.7 Å². The van der Waals surface area contributed by atoms with Gasteiger partial charge in [0.15, 0.2) is 6.23 Å². The van der Waals surface area contributed by atoms with Crippen LogP contribution < -0.4 is 11.2 Å². The van der Waals surface area contributed by atoms with E-state index < -0.39 is 17.5 Å². The van der Waals surface area contributed by atoms with Crippen molar-refractivity contribution in [3.8, 4) is 0 Å². The Balaban J connectivity index is 1.99. The summed E-state index contributed by atoms with van der Waals surface area (Å²) >= 11 is 0. The standard InChI is InChI=1S/C12H14N2O5/c1-2-11(16)18-7-8-3-4-10(19-8)14-6-5-9(15)13-12(14)17/h3-6,8,10H,2,7H2,1H3,(H,13,15,17)/t8-,10-/m0/s1. The normalized spacial score (nSPS) is 21.5. The molecule has 0 radical (unpaired) electrons. The van der Waals surface area contributed by atoms with Gasteiger partial charge in [0.25, 0.3) is 5.56 Å². The summed E-state index contributed by atoms with van der Waals surface area (Å²) in [6, 6.07) is 1.24. The van der Waals surface area contributed by atoms with Crippen LogP contribution in [0.15, 0.2) is 34.0 Å². The fourth-order valence-electron chi connectivity index (χ4n) is 1.65. The van der Waals surface area contributed by atoms with Crippen LogP contribution >= 0.6 is 0 Å². The molecule has 7 heteroatoms. The Morgan fingerprint density at radius 2 is 2.26 bits per heavy atom. The predicted octanol–water partition coefficient (Wildman–Crippen LogP) is -0.0566. The first-order valence-electron chi connectivity index (χ1n) is 5.91. The molecular weight excluding hydrogens is 252 g/mol. The first-order valence-corrected chi connectivity index (χ1v) is 5.91. The van der Waals surface area contributed by atoms with Gasteiger partial charge in [-0.3, -0.25) is 19.1 Å². The molecule has 2 heterocycles. The zero-order valence-electron chi connectivity index (χ0n) is 10.4. The van der Waals surface area contributed by atoms with E-state index in [-0.39, 0.29) is 18.7 Å². The molecule has 0 aliphatic carbocycles. The van der Waals surface area contributed by atoms with Gasteiger partial charge in [-0.05, 0) is 6.08 Å². The Morgan fingerprint density at radius 1 is 1.47 bits per heavy atom. The number of H-pyrrole nitrogens is 1. The van der Waals surface area contributed by atoms with Crippen LogP contribution in [0, 0.1) is 0 Å². The van der Waals surface area contributed by atoms with E-state index in [0.717, 1.165) is 0 Å². The van der Waals surface area contributed by atoms with E-state index in [1.54, 1.807) is 19.1 Å². The number of ether oxygens (including phenoxy) is 2. The summed E-state index contributed by atoms with van der Waals surface area (Å²) in [6.45, 7) is 1.81. The molecule has 0 amide bonds. The first-order chi connectivity index (χ1) is 9.10. The van der Waals surface area contributed by atoms with Crippen molar-refractivity contribution in [2.24, 2.45) is 0 Å². The van der Waals surface area contributed by atoms with Gasteiger partial charge in [0.1, 0.15) is 12.7 Å². The summed E-state index contributed by atoms with van der Waals surface area (Å²) in [6.07, 6.45) is 4.06. The lowest BCUT2D eigenvalue weighted by Gasteiger charge is -2.15. The number of aromatic amines is 1. The first kappa shape index (κ1) is 13.3. The van der Waals surface area contributed by atoms with Crippen molar-refractivity contribution in [1.82, 2.24) is 9.55 Å². The molecule has 0 spiro atoms. The Morgan fingerprint density at radius 3 is 2.95 bits per heavy atom. The zero-order chi connectivity index (χ0) is 13.8. The highest BCUT2D eigenvalue weighted by atomic mass is 16.6. The highest BCUT2D eigenvalue weighted by Crippen LogP contribution is 2.19. The van der Waals surface area contributed by atoms with Crippen molar-refractivity contribution in [3.05, 3.63) is 45.3 Å². The van der Waals surface area contributed by atoms with E-state index in [0.29, 0.717) is 6.42 Å². The molecule has 2 atom stereocenters. The zero-order valence-corrected chi connectivity index (χ0v) is 10.4. The molecule has 0 fully saturated rings. The number of rotatable bonds is 4. The van der Waals surface area contributed by atoms with E-state index in [1.807, 2.05) is 0 Å². The topological polar surface area (TPSA) is 90.4 Å². The van der Waals surface area contributed by atoms with Crippen molar-refractivity contribution in [3.63, 3.8) is 0 Å². The fraction of sp³-hybridized carbons (Fsp3) is 0.417. The Bertz CT molecular complexity index is 601. The lowest BCUT2D eigenvalue weighted by atomic mass is 10.3. The summed E-state index contributed by atoms with van der Waals surface area (Å²) in [5.74, 6) is -0.304. The van der Waals surface area contributed by atoms with Crippen molar-refractivity contribution in [1.29, 1.82) is 0 Å². The smallest absolute Gasteiger partial charge is 0.330 e. The number of nitrogens with one attached hydrogen (secondary N) is 1. The summed E-state index contributed by atoms with van der Waals surface area (Å²) in [4.78, 5) is 35.7. The minimum atomic E-state index is -0.602. The second-order valence-corrected chi connectivity index (χ2v) is 4.00. The van der Waals surface area contributed by atoms with Gasteiger partial charge in [0.05, 0.1) is 0 Å². The van der Waals surface area contributed by atoms with E-state index >= 15 is 0 Å². The number of esters is 1. The third kappa shape index (κ3) is 3.19. The Hall–Kier alpha value is -2.15. The highest BCUT2D eigenvalue weighted by molar-refractivity contribution is 5.68. The fourth-order valence-corrected chi connectivity index (χ4v) is 1.65. The van der Waals surface area contributed by atoms with Crippen LogP contribution in [0.5, 0.6) is 0 Å². The third-order valence-corrected chi connectivity index (χ3v) is 2.63. The SMILES string of the molecule is CCC(=O)OC[C@@H]1C=C[C@@H](n2ccc(=O)[nH]c2=O)O1. The maximum Gasteiger partial charge on any atom is 0.330 e. The molecule has 2 rings (SSSR count). The van der Waals surface area contributed by atoms with Gasteiger partial charge in [-0.15, -0.1) is 0 Å². The van der Waals surface area contributed by atoms with Crippen LogP contribution in [0.2, 0.25) is 0 Å². The van der Waals surface area contributed by atoms with E-state index in [9.17, 15) is 14.4 Å². The molecule has 0 bridgehead atoms. The lowest BCUT2D eigenvalue weighted by Crippen LogP contribution is -2.32. The van der Waals surface area contributed by atoms with Gasteiger partial charge >= 0.3 is 11.7 Å². The largest absolute Gasteiger partial charge is 0.463 e. The molecule has 102 valence electrons. The summed E-state index contributed by atoms with van der Waals surface area (Å²) in [5.41, 5.74) is -1.01. The monoisotopic (exact) mass is 266 g/mol. The van der Waals surface area contributed by atoms with Crippen LogP contribution in [0.3, 0.4) is 0 Å². The van der Waals surface area contributed by atoms with Gasteiger partial charge in [-0.25, -0.2) is 4.79 Å². The van der Waals surface area contributed by atoms with Crippen LogP contribution in [-0.4, -0.2) is 28.2 Å². The van der Waals surface area contributed by atoms with Gasteiger partial charge in [0.2, 0.25) is 0 Å². The molecule has 1 aromatic rings. The highest BCUT2D eigenvalue weighted by Gasteiger charge is 2.22. The second-order valence-electron chi connectivity index (χ2n) is 4.00. The number of nitrogens with zero attached hydrogens (tertiary/aromatic N) is 1. The summed E-state index contributed by atoms with van der Waals surface area (Å²) in [7, 11) is 0. The lowest BCUT2D eigenvalue weighted by molar-refractivity contribution is -0.147. The molecule has 1 aliphatic rings. The van der Waals surface area contributed by atoms with Crippen LogP contribution in [0.1, 0.15) is 19.6 Å². The van der Waals surface area contributed by atoms with Gasteiger partial charge in [-0.2, -0.15) is 0 Å². The Kier molecular flexibility index (Phi) is 3.96. The molecule has 1 aliphatic heterocycles. The van der Waals surface area contributed by atoms with Crippen molar-refractivity contribution in [2.45, 2.75) is 25.7 Å². The number of aromatic nitrogens is 2. The number of carbonyl (C=O) groups is 1. The molecule has 1 aromatic heterocycles. The maximum atomic E-state index is 11.6. The molecule has 0 saturated heterocycles. The average molecular weight is 266 g/mol. The van der Waals surface area contributed by atoms with Crippen molar-refractivity contribution < 1.29 is 14.3 Å². The van der Waals surface area contributed by atoms with Crippen molar-refractivity contribution >= 4 is 5.97 Å². The molecule has 1 N–H and O–H groups in total. The number of hydrogen-bond acceptors (Lipinski definition) is 5. The van der Waals surface area contributed by atoms with Crippen LogP contribution in [0.4, 0.5) is 0 Å². The summed E-state index contributed by atoms with van der Waals surface area (Å²) < 4.78 is 11.7. The minimum Gasteiger partial charge on any atom is -0.463 e. The second kappa shape index (κ2) is 5.66. The van der Waals surface area contributed by atoms with E-state index in [2.05, 4.69) is 4.98 Å². The van der Waals surface area contributed by atoms with Gasteiger partial charge < -0.3 is 9.47 Å². The van der Waals surface area contributed by atoms with Gasteiger partial charge in [-0.1, -0.05) is 13.0 Å². The molecule has 0 unspecified atom stereocenters. The Labute approximate surface area is 108 Å². The minimum absolute atomic E-state index is 0.109. The molecule has 0 saturated carbocycles. The number of hydrogen-bond donors (Lipinski definition) is 1. The quantitative estimate of drug-likeness (QED) is 0.609. The summed E-state index contributed by atoms with van der Waals surface area (Å²) in [5, 5.41) is 0. The number of carbonyl (C=O) groups excluding carboxylic acids is 1. The van der Waals surface area contributed by atoms with E-state index in [4.69, 9.17) is 9.47 Å². The molecular formula is C12H14N2O5. The predicted molar refractivity (Wildman–Crippen MR) is 65.6 cm³/mol. The molecule has 7 nitrogen and oxygen atoms in total. The third-order valence-electron chi connectivity index (χ3n) is 2.63. The molecule has 0 aromatic carbocycles. The van der Waals surface area contributed by atoms with E-state index in [1.165, 1.54) is 16.8 Å². The van der Waals surface area contributed by atoms with Crippen molar-refractivity contribution in [2.75, 3.05) is 6.61 Å². The van der Waals surface area contributed by atoms with Crippen LogP contribution in [0.25, 0.3) is 0 Å².